The highest BCUT2D eigenvalue weighted by atomic mass is 35.5. The molecule has 0 aliphatic rings. The Morgan fingerprint density at radius 3 is 2.12 bits per heavy atom. The molecule has 0 aliphatic heterocycles. The Bertz CT molecular complexity index is 731. The van der Waals surface area contributed by atoms with Crippen molar-refractivity contribution in [1.82, 2.24) is 5.32 Å². The maximum absolute atomic E-state index is 12.0. The van der Waals surface area contributed by atoms with Gasteiger partial charge in [-0.2, -0.15) is 0 Å². The molecule has 24 heavy (non-hydrogen) atoms. The minimum atomic E-state index is -0.652. The van der Waals surface area contributed by atoms with E-state index in [1.165, 1.54) is 0 Å². The first-order chi connectivity index (χ1) is 11.4. The highest BCUT2D eigenvalue weighted by Gasteiger charge is 2.15. The summed E-state index contributed by atoms with van der Waals surface area (Å²) in [4.78, 5) is 24.0. The largest absolute Gasteiger partial charge is 0.347 e. The summed E-state index contributed by atoms with van der Waals surface area (Å²) >= 11 is 5.83. The number of carbonyl (C=O) groups is 2. The Hall–Kier alpha value is -2.33. The highest BCUT2D eigenvalue weighted by Crippen LogP contribution is 2.21. The van der Waals surface area contributed by atoms with Crippen molar-refractivity contribution in [2.24, 2.45) is 0 Å². The normalized spacial score (nSPS) is 10.3. The maximum Gasteiger partial charge on any atom is 0.313 e. The molecule has 0 saturated carbocycles. The molecular weight excluding hydrogens is 324 g/mol. The van der Waals surface area contributed by atoms with E-state index in [-0.39, 0.29) is 0 Å². The molecule has 0 spiro atoms. The number of hydrogen-bond donors (Lipinski definition) is 2. The number of benzene rings is 2. The first kappa shape index (κ1) is 18.0. The molecule has 2 rings (SSSR count). The molecule has 0 heterocycles. The first-order valence-corrected chi connectivity index (χ1v) is 8.16. The summed E-state index contributed by atoms with van der Waals surface area (Å²) in [6, 6.07) is 11.3. The van der Waals surface area contributed by atoms with Crippen LogP contribution in [0.5, 0.6) is 0 Å². The lowest BCUT2D eigenvalue weighted by molar-refractivity contribution is -0.136. The zero-order chi connectivity index (χ0) is 17.7. The number of nitrogens with one attached hydrogen (secondary N) is 2. The Morgan fingerprint density at radius 1 is 0.958 bits per heavy atom. The topological polar surface area (TPSA) is 58.2 Å². The van der Waals surface area contributed by atoms with Crippen molar-refractivity contribution in [2.75, 3.05) is 11.9 Å². The third kappa shape index (κ3) is 4.83. The number of amides is 2. The molecular formula is C19H21ClN2O2. The molecule has 126 valence electrons. The van der Waals surface area contributed by atoms with Crippen LogP contribution in [0, 0.1) is 20.8 Å². The van der Waals surface area contributed by atoms with Crippen LogP contribution in [-0.4, -0.2) is 18.4 Å². The van der Waals surface area contributed by atoms with Gasteiger partial charge in [0.25, 0.3) is 0 Å². The lowest BCUT2D eigenvalue weighted by Crippen LogP contribution is -2.36. The predicted molar refractivity (Wildman–Crippen MR) is 97.4 cm³/mol. The number of halogens is 1. The van der Waals surface area contributed by atoms with E-state index in [1.807, 2.05) is 45.0 Å². The van der Waals surface area contributed by atoms with Gasteiger partial charge in [0.05, 0.1) is 0 Å². The van der Waals surface area contributed by atoms with Gasteiger partial charge in [-0.3, -0.25) is 9.59 Å². The quantitative estimate of drug-likeness (QED) is 0.833. The monoisotopic (exact) mass is 344 g/mol. The van der Waals surface area contributed by atoms with E-state index >= 15 is 0 Å². The summed E-state index contributed by atoms with van der Waals surface area (Å²) in [5, 5.41) is 6.00. The summed E-state index contributed by atoms with van der Waals surface area (Å²) in [5.74, 6) is -1.29. The van der Waals surface area contributed by atoms with Gasteiger partial charge < -0.3 is 10.6 Å². The molecule has 0 radical (unpaired) electrons. The fourth-order valence-corrected chi connectivity index (χ4v) is 2.73. The molecule has 0 fully saturated rings. The van der Waals surface area contributed by atoms with Gasteiger partial charge >= 0.3 is 11.8 Å². The molecule has 2 amide bonds. The minimum Gasteiger partial charge on any atom is -0.347 e. The van der Waals surface area contributed by atoms with Crippen molar-refractivity contribution >= 4 is 29.1 Å². The van der Waals surface area contributed by atoms with Crippen LogP contribution in [0.15, 0.2) is 36.4 Å². The molecule has 5 heteroatoms. The van der Waals surface area contributed by atoms with Gasteiger partial charge in [0, 0.05) is 17.3 Å². The second-order valence-electron chi connectivity index (χ2n) is 5.86. The van der Waals surface area contributed by atoms with E-state index in [0.29, 0.717) is 23.7 Å². The van der Waals surface area contributed by atoms with E-state index in [0.717, 1.165) is 22.3 Å². The number of hydrogen-bond acceptors (Lipinski definition) is 2. The number of aryl methyl sites for hydroxylation is 3. The zero-order valence-electron chi connectivity index (χ0n) is 14.1. The van der Waals surface area contributed by atoms with E-state index in [2.05, 4.69) is 10.6 Å². The average Bonchev–Trinajstić information content (AvgIpc) is 2.52. The Labute approximate surface area is 147 Å². The lowest BCUT2D eigenvalue weighted by Gasteiger charge is -2.12. The molecule has 0 saturated heterocycles. The van der Waals surface area contributed by atoms with Gasteiger partial charge in [0.15, 0.2) is 0 Å². The second-order valence-corrected chi connectivity index (χ2v) is 6.30. The molecule has 0 aromatic heterocycles. The number of anilines is 1. The third-order valence-corrected chi connectivity index (χ3v) is 3.99. The van der Waals surface area contributed by atoms with Gasteiger partial charge in [-0.15, -0.1) is 0 Å². The van der Waals surface area contributed by atoms with Crippen LogP contribution < -0.4 is 10.6 Å². The number of rotatable bonds is 4. The summed E-state index contributed by atoms with van der Waals surface area (Å²) < 4.78 is 0. The third-order valence-electron chi connectivity index (χ3n) is 3.73. The van der Waals surface area contributed by atoms with Crippen LogP contribution in [0.2, 0.25) is 5.02 Å². The van der Waals surface area contributed by atoms with Gasteiger partial charge in [-0.05, 0) is 56.0 Å². The molecule has 4 nitrogen and oxygen atoms in total. The molecule has 0 atom stereocenters. The fraction of sp³-hybridized carbons (Fsp3) is 0.263. The first-order valence-electron chi connectivity index (χ1n) is 7.78. The average molecular weight is 345 g/mol. The number of carbonyl (C=O) groups excluding carboxylic acids is 2. The highest BCUT2D eigenvalue weighted by molar-refractivity contribution is 6.39. The zero-order valence-corrected chi connectivity index (χ0v) is 14.8. The smallest absolute Gasteiger partial charge is 0.313 e. The minimum absolute atomic E-state index is 0.389. The Balaban J connectivity index is 1.88. The van der Waals surface area contributed by atoms with E-state index in [9.17, 15) is 9.59 Å². The lowest BCUT2D eigenvalue weighted by atomic mass is 10.1. The van der Waals surface area contributed by atoms with Gasteiger partial charge in [0.1, 0.15) is 0 Å². The molecule has 0 unspecified atom stereocenters. The van der Waals surface area contributed by atoms with Crippen molar-refractivity contribution in [1.29, 1.82) is 0 Å². The van der Waals surface area contributed by atoms with Crippen LogP contribution in [0.1, 0.15) is 22.3 Å². The molecule has 0 bridgehead atoms. The summed E-state index contributed by atoms with van der Waals surface area (Å²) in [5.41, 5.74) is 4.74. The van der Waals surface area contributed by atoms with Crippen LogP contribution in [-0.2, 0) is 16.0 Å². The van der Waals surface area contributed by atoms with E-state index < -0.39 is 11.8 Å². The Kier molecular flexibility index (Phi) is 5.99. The molecule has 0 aliphatic carbocycles. The standard InChI is InChI=1S/C19H21ClN2O2/c1-12-10-13(2)17(14(3)11-12)22-19(24)18(23)21-9-8-15-4-6-16(20)7-5-15/h4-7,10-11H,8-9H2,1-3H3,(H,21,23)(H,22,24). The van der Waals surface area contributed by atoms with Gasteiger partial charge in [0.2, 0.25) is 0 Å². The van der Waals surface area contributed by atoms with Crippen molar-refractivity contribution in [2.45, 2.75) is 27.2 Å². The molecule has 2 N–H and O–H groups in total. The summed E-state index contributed by atoms with van der Waals surface area (Å²) in [6.45, 7) is 6.21. The van der Waals surface area contributed by atoms with E-state index in [4.69, 9.17) is 11.6 Å². The molecule has 2 aromatic rings. The van der Waals surface area contributed by atoms with Crippen LogP contribution in [0.25, 0.3) is 0 Å². The summed E-state index contributed by atoms with van der Waals surface area (Å²) in [6.07, 6.45) is 0.638. The maximum atomic E-state index is 12.0. The van der Waals surface area contributed by atoms with Crippen LogP contribution in [0.3, 0.4) is 0 Å². The predicted octanol–water partition coefficient (Wildman–Crippen LogP) is 3.56. The van der Waals surface area contributed by atoms with E-state index in [1.54, 1.807) is 12.1 Å². The fourth-order valence-electron chi connectivity index (χ4n) is 2.60. The SMILES string of the molecule is Cc1cc(C)c(NC(=O)C(=O)NCCc2ccc(Cl)cc2)c(C)c1. The summed E-state index contributed by atoms with van der Waals surface area (Å²) in [7, 11) is 0. The van der Waals surface area contributed by atoms with Crippen molar-refractivity contribution in [3.63, 3.8) is 0 Å². The van der Waals surface area contributed by atoms with Crippen LogP contribution in [0.4, 0.5) is 5.69 Å². The Morgan fingerprint density at radius 2 is 1.54 bits per heavy atom. The van der Waals surface area contributed by atoms with Gasteiger partial charge in [-0.1, -0.05) is 41.4 Å². The molecule has 2 aromatic carbocycles. The van der Waals surface area contributed by atoms with Crippen LogP contribution >= 0.6 is 11.6 Å². The second kappa shape index (κ2) is 7.97. The van der Waals surface area contributed by atoms with Crippen molar-refractivity contribution < 1.29 is 9.59 Å². The van der Waals surface area contributed by atoms with Crippen molar-refractivity contribution in [3.05, 3.63) is 63.7 Å². The van der Waals surface area contributed by atoms with Crippen molar-refractivity contribution in [3.8, 4) is 0 Å². The van der Waals surface area contributed by atoms with Gasteiger partial charge in [-0.25, -0.2) is 0 Å².